The predicted octanol–water partition coefficient (Wildman–Crippen LogP) is 5.39. The molecule has 1 aromatic carbocycles. The van der Waals surface area contributed by atoms with Crippen molar-refractivity contribution < 1.29 is 4.39 Å². The van der Waals surface area contributed by atoms with Crippen LogP contribution < -0.4 is 0 Å². The lowest BCUT2D eigenvalue weighted by molar-refractivity contribution is 0.627. The van der Waals surface area contributed by atoms with E-state index in [4.69, 9.17) is 5.26 Å². The molecular formula is C21H20FN3. The van der Waals surface area contributed by atoms with E-state index in [1.165, 1.54) is 17.8 Å². The van der Waals surface area contributed by atoms with Gasteiger partial charge in [0.1, 0.15) is 5.82 Å². The highest BCUT2D eigenvalue weighted by Crippen LogP contribution is 2.37. The van der Waals surface area contributed by atoms with Crippen LogP contribution in [0.2, 0.25) is 0 Å². The van der Waals surface area contributed by atoms with Gasteiger partial charge in [-0.25, -0.2) is 4.39 Å². The van der Waals surface area contributed by atoms with Gasteiger partial charge in [-0.15, -0.1) is 0 Å². The summed E-state index contributed by atoms with van der Waals surface area (Å²) >= 11 is 0. The summed E-state index contributed by atoms with van der Waals surface area (Å²) in [6, 6.07) is 14.9. The maximum atomic E-state index is 13.4. The normalized spacial score (nSPS) is 10.8. The van der Waals surface area contributed by atoms with Gasteiger partial charge in [-0.05, 0) is 59.5 Å². The zero-order chi connectivity index (χ0) is 17.8. The molecule has 0 bridgehead atoms. The Labute approximate surface area is 147 Å². The Kier molecular flexibility index (Phi) is 4.95. The van der Waals surface area contributed by atoms with E-state index in [0.29, 0.717) is 18.9 Å². The second-order valence-corrected chi connectivity index (χ2v) is 6.29. The van der Waals surface area contributed by atoms with E-state index in [1.807, 2.05) is 12.1 Å². The molecule has 4 heteroatoms. The van der Waals surface area contributed by atoms with Gasteiger partial charge in [0, 0.05) is 30.2 Å². The molecule has 0 spiro atoms. The maximum absolute atomic E-state index is 13.4. The van der Waals surface area contributed by atoms with E-state index in [-0.39, 0.29) is 5.82 Å². The molecule has 0 radical (unpaired) electrons. The number of hydrogen-bond acceptors (Lipinski definition) is 2. The van der Waals surface area contributed by atoms with Gasteiger partial charge in [0.2, 0.25) is 0 Å². The first kappa shape index (κ1) is 16.9. The lowest BCUT2D eigenvalue weighted by Crippen LogP contribution is -2.06. The molecule has 3 nitrogen and oxygen atoms in total. The van der Waals surface area contributed by atoms with Gasteiger partial charge in [-0.1, -0.05) is 13.8 Å². The number of aromatic nitrogens is 2. The minimum Gasteiger partial charge on any atom is -0.343 e. The molecule has 0 aliphatic carbocycles. The Morgan fingerprint density at radius 3 is 2.36 bits per heavy atom. The third-order valence-electron chi connectivity index (χ3n) is 4.28. The van der Waals surface area contributed by atoms with Gasteiger partial charge < -0.3 is 4.57 Å². The standard InChI is InChI=1S/C21H20FN3/c1-15(2)20-14-19(16-8-11-24-12-9-16)21(25(20)13-3-10-23)17-4-6-18(22)7-5-17/h4-9,11-12,14-15H,3,13H2,1-2H3. The molecule has 2 aromatic heterocycles. The zero-order valence-corrected chi connectivity index (χ0v) is 14.4. The van der Waals surface area contributed by atoms with Gasteiger partial charge >= 0.3 is 0 Å². The fourth-order valence-electron chi connectivity index (χ4n) is 3.12. The maximum Gasteiger partial charge on any atom is 0.123 e. The average molecular weight is 333 g/mol. The fraction of sp³-hybridized carbons (Fsp3) is 0.238. The number of rotatable bonds is 5. The monoisotopic (exact) mass is 333 g/mol. The number of halogens is 1. The summed E-state index contributed by atoms with van der Waals surface area (Å²) in [6.45, 7) is 4.90. The zero-order valence-electron chi connectivity index (χ0n) is 14.4. The van der Waals surface area contributed by atoms with E-state index in [9.17, 15) is 4.39 Å². The molecule has 0 atom stereocenters. The van der Waals surface area contributed by atoms with E-state index in [2.05, 4.69) is 35.5 Å². The molecule has 25 heavy (non-hydrogen) atoms. The SMILES string of the molecule is CC(C)c1cc(-c2ccncc2)c(-c2ccc(F)cc2)n1CCC#N. The minimum absolute atomic E-state index is 0.256. The number of nitrogens with zero attached hydrogens (tertiary/aromatic N) is 3. The van der Waals surface area contributed by atoms with E-state index < -0.39 is 0 Å². The summed E-state index contributed by atoms with van der Waals surface area (Å²) < 4.78 is 15.6. The first-order valence-corrected chi connectivity index (χ1v) is 8.38. The molecule has 2 heterocycles. The van der Waals surface area contributed by atoms with Crippen LogP contribution in [0.1, 0.15) is 31.9 Å². The Bertz CT molecular complexity index is 887. The lowest BCUT2D eigenvalue weighted by atomic mass is 10.0. The summed E-state index contributed by atoms with van der Waals surface area (Å²) in [5.74, 6) is 0.0573. The van der Waals surface area contributed by atoms with Gasteiger partial charge in [0.15, 0.2) is 0 Å². The quantitative estimate of drug-likeness (QED) is 0.628. The van der Waals surface area contributed by atoms with Crippen molar-refractivity contribution in [3.8, 4) is 28.5 Å². The highest BCUT2D eigenvalue weighted by molar-refractivity contribution is 5.82. The van der Waals surface area contributed by atoms with E-state index in [0.717, 1.165) is 22.4 Å². The third-order valence-corrected chi connectivity index (χ3v) is 4.28. The Hall–Kier alpha value is -2.93. The largest absolute Gasteiger partial charge is 0.343 e. The van der Waals surface area contributed by atoms with Crippen LogP contribution >= 0.6 is 0 Å². The van der Waals surface area contributed by atoms with Crippen LogP contribution in [0.15, 0.2) is 54.9 Å². The van der Waals surface area contributed by atoms with Crippen LogP contribution in [0.25, 0.3) is 22.4 Å². The summed E-state index contributed by atoms with van der Waals surface area (Å²) in [5, 5.41) is 9.06. The fourth-order valence-corrected chi connectivity index (χ4v) is 3.12. The number of hydrogen-bond donors (Lipinski definition) is 0. The topological polar surface area (TPSA) is 41.6 Å². The highest BCUT2D eigenvalue weighted by Gasteiger charge is 2.19. The first-order chi connectivity index (χ1) is 12.1. The van der Waals surface area contributed by atoms with Crippen LogP contribution in [0.4, 0.5) is 4.39 Å². The predicted molar refractivity (Wildman–Crippen MR) is 97.4 cm³/mol. The van der Waals surface area contributed by atoms with Crippen LogP contribution in [-0.2, 0) is 6.54 Å². The summed E-state index contributed by atoms with van der Waals surface area (Å²) in [6.07, 6.45) is 3.97. The van der Waals surface area contributed by atoms with Gasteiger partial charge in [-0.2, -0.15) is 5.26 Å². The molecule has 126 valence electrons. The van der Waals surface area contributed by atoms with Gasteiger partial charge in [0.25, 0.3) is 0 Å². The van der Waals surface area contributed by atoms with E-state index in [1.54, 1.807) is 24.5 Å². The van der Waals surface area contributed by atoms with Gasteiger partial charge in [0.05, 0.1) is 18.2 Å². The highest BCUT2D eigenvalue weighted by atomic mass is 19.1. The molecule has 0 unspecified atom stereocenters. The third kappa shape index (κ3) is 3.46. The van der Waals surface area contributed by atoms with Crippen LogP contribution in [0, 0.1) is 17.1 Å². The molecule has 0 N–H and O–H groups in total. The summed E-state index contributed by atoms with van der Waals surface area (Å²) in [7, 11) is 0. The molecule has 0 saturated carbocycles. The molecule has 3 rings (SSSR count). The van der Waals surface area contributed by atoms with Crippen molar-refractivity contribution in [3.05, 3.63) is 66.4 Å². The number of pyridine rings is 1. The second-order valence-electron chi connectivity index (χ2n) is 6.29. The van der Waals surface area contributed by atoms with Crippen molar-refractivity contribution in [3.63, 3.8) is 0 Å². The van der Waals surface area contributed by atoms with Crippen LogP contribution in [0.3, 0.4) is 0 Å². The molecule has 0 fully saturated rings. The van der Waals surface area contributed by atoms with Crippen molar-refractivity contribution in [2.45, 2.75) is 32.7 Å². The summed E-state index contributed by atoms with van der Waals surface area (Å²) in [4.78, 5) is 4.10. The minimum atomic E-state index is -0.256. The van der Waals surface area contributed by atoms with Crippen molar-refractivity contribution in [2.24, 2.45) is 0 Å². The molecule has 0 aliphatic rings. The molecule has 0 saturated heterocycles. The van der Waals surface area contributed by atoms with Crippen molar-refractivity contribution in [1.82, 2.24) is 9.55 Å². The van der Waals surface area contributed by atoms with E-state index >= 15 is 0 Å². The molecule has 0 aliphatic heterocycles. The summed E-state index contributed by atoms with van der Waals surface area (Å²) in [5.41, 5.74) is 5.27. The van der Waals surface area contributed by atoms with Gasteiger partial charge in [-0.3, -0.25) is 4.98 Å². The first-order valence-electron chi connectivity index (χ1n) is 8.38. The van der Waals surface area contributed by atoms with Crippen molar-refractivity contribution in [2.75, 3.05) is 0 Å². The van der Waals surface area contributed by atoms with Crippen LogP contribution in [0.5, 0.6) is 0 Å². The Balaban J connectivity index is 2.27. The van der Waals surface area contributed by atoms with Crippen molar-refractivity contribution >= 4 is 0 Å². The lowest BCUT2D eigenvalue weighted by Gasteiger charge is -2.15. The number of nitriles is 1. The smallest absolute Gasteiger partial charge is 0.123 e. The number of benzene rings is 1. The molecule has 3 aromatic rings. The van der Waals surface area contributed by atoms with Crippen molar-refractivity contribution in [1.29, 1.82) is 5.26 Å². The molecular weight excluding hydrogens is 313 g/mol. The Morgan fingerprint density at radius 2 is 1.76 bits per heavy atom. The average Bonchev–Trinajstić information content (AvgIpc) is 3.01. The van der Waals surface area contributed by atoms with Crippen LogP contribution in [-0.4, -0.2) is 9.55 Å². The Morgan fingerprint density at radius 1 is 1.08 bits per heavy atom. The second kappa shape index (κ2) is 7.31. The molecule has 0 amide bonds.